The first kappa shape index (κ1) is 19.5. The summed E-state index contributed by atoms with van der Waals surface area (Å²) in [4.78, 5) is 12.6. The number of ether oxygens (including phenoxy) is 2. The number of furan rings is 1. The van der Waals surface area contributed by atoms with Gasteiger partial charge < -0.3 is 19.2 Å². The number of fused-ring (bicyclic) bond motifs is 1. The fraction of sp³-hybridized carbons (Fsp3) is 0.125. The van der Waals surface area contributed by atoms with Crippen LogP contribution in [0.3, 0.4) is 0 Å². The van der Waals surface area contributed by atoms with Gasteiger partial charge in [-0.25, -0.2) is 4.39 Å². The Bertz CT molecular complexity index is 1180. The van der Waals surface area contributed by atoms with Crippen LogP contribution in [0, 0.1) is 5.82 Å². The third-order valence-corrected chi connectivity index (χ3v) is 4.77. The minimum atomic E-state index is -0.366. The van der Waals surface area contributed by atoms with Crippen LogP contribution in [0.25, 0.3) is 22.3 Å². The van der Waals surface area contributed by atoms with Crippen molar-refractivity contribution in [3.63, 3.8) is 0 Å². The topological polar surface area (TPSA) is 60.7 Å². The highest BCUT2D eigenvalue weighted by Crippen LogP contribution is 2.40. The Morgan fingerprint density at radius 3 is 2.43 bits per heavy atom. The van der Waals surface area contributed by atoms with Gasteiger partial charge in [0.05, 0.1) is 12.7 Å². The van der Waals surface area contributed by atoms with Crippen molar-refractivity contribution >= 4 is 16.9 Å². The van der Waals surface area contributed by atoms with E-state index in [1.54, 1.807) is 31.3 Å². The summed E-state index contributed by atoms with van der Waals surface area (Å²) >= 11 is 0. The molecule has 0 aliphatic rings. The molecule has 0 radical (unpaired) electrons. The van der Waals surface area contributed by atoms with Crippen LogP contribution in [-0.2, 0) is 6.61 Å². The first-order valence-corrected chi connectivity index (χ1v) is 9.40. The van der Waals surface area contributed by atoms with Crippen LogP contribution in [0.4, 0.5) is 4.39 Å². The Hall–Kier alpha value is -3.80. The molecule has 4 aromatic rings. The maximum absolute atomic E-state index is 13.4. The highest BCUT2D eigenvalue weighted by molar-refractivity contribution is 6.11. The molecule has 1 amide bonds. The normalized spacial score (nSPS) is 10.8. The Balaban J connectivity index is 1.81. The average Bonchev–Trinajstić information content (AvgIpc) is 3.15. The standard InChI is InChI=1S/C24H20FNO4/c1-26-24(27)22-18-12-20(28-2)21(29-14-15-6-4-3-5-7-15)13-19(18)30-23(22)16-8-10-17(25)11-9-16/h3-13H,14H2,1-2H3,(H,26,27). The van der Waals surface area contributed by atoms with Crippen LogP contribution in [0.15, 0.2) is 71.1 Å². The minimum Gasteiger partial charge on any atom is -0.493 e. The number of carbonyl (C=O) groups excluding carboxylic acids is 1. The van der Waals surface area contributed by atoms with E-state index in [4.69, 9.17) is 13.9 Å². The molecule has 0 fully saturated rings. The third kappa shape index (κ3) is 3.72. The second-order valence-electron chi connectivity index (χ2n) is 6.67. The zero-order valence-corrected chi connectivity index (χ0v) is 16.6. The maximum Gasteiger partial charge on any atom is 0.255 e. The van der Waals surface area contributed by atoms with Crippen molar-refractivity contribution in [3.05, 3.63) is 83.7 Å². The Morgan fingerprint density at radius 2 is 1.77 bits per heavy atom. The smallest absolute Gasteiger partial charge is 0.255 e. The Labute approximate surface area is 173 Å². The molecule has 1 aromatic heterocycles. The van der Waals surface area contributed by atoms with Crippen LogP contribution in [0.1, 0.15) is 15.9 Å². The molecule has 1 heterocycles. The molecule has 0 saturated heterocycles. The van der Waals surface area contributed by atoms with Crippen LogP contribution >= 0.6 is 0 Å². The van der Waals surface area contributed by atoms with Gasteiger partial charge in [-0.3, -0.25) is 4.79 Å². The van der Waals surface area contributed by atoms with Crippen LogP contribution in [0.5, 0.6) is 11.5 Å². The van der Waals surface area contributed by atoms with E-state index in [1.165, 1.54) is 19.2 Å². The molecule has 30 heavy (non-hydrogen) atoms. The van der Waals surface area contributed by atoms with E-state index < -0.39 is 0 Å². The largest absolute Gasteiger partial charge is 0.493 e. The van der Waals surface area contributed by atoms with E-state index in [9.17, 15) is 9.18 Å². The van der Waals surface area contributed by atoms with Crippen molar-refractivity contribution in [2.24, 2.45) is 0 Å². The number of nitrogens with one attached hydrogen (secondary N) is 1. The summed E-state index contributed by atoms with van der Waals surface area (Å²) in [7, 11) is 3.08. The number of hydrogen-bond acceptors (Lipinski definition) is 4. The molecule has 0 aliphatic carbocycles. The van der Waals surface area contributed by atoms with Gasteiger partial charge in [0.25, 0.3) is 5.91 Å². The van der Waals surface area contributed by atoms with Crippen molar-refractivity contribution < 1.29 is 23.1 Å². The lowest BCUT2D eigenvalue weighted by Crippen LogP contribution is -2.18. The van der Waals surface area contributed by atoms with Gasteiger partial charge in [-0.05, 0) is 35.9 Å². The van der Waals surface area contributed by atoms with E-state index in [1.807, 2.05) is 30.3 Å². The number of halogens is 1. The van der Waals surface area contributed by atoms with E-state index in [-0.39, 0.29) is 11.7 Å². The molecule has 6 heteroatoms. The number of amides is 1. The quantitative estimate of drug-likeness (QED) is 0.480. The molecular formula is C24H20FNO4. The first-order chi connectivity index (χ1) is 14.6. The maximum atomic E-state index is 13.4. The summed E-state index contributed by atoms with van der Waals surface area (Å²) < 4.78 is 30.8. The van der Waals surface area contributed by atoms with Gasteiger partial charge in [0, 0.05) is 24.1 Å². The average molecular weight is 405 g/mol. The zero-order chi connectivity index (χ0) is 21.1. The molecule has 5 nitrogen and oxygen atoms in total. The molecule has 3 aromatic carbocycles. The van der Waals surface area contributed by atoms with Crippen molar-refractivity contribution in [2.75, 3.05) is 14.2 Å². The molecule has 0 atom stereocenters. The molecule has 0 spiro atoms. The third-order valence-electron chi connectivity index (χ3n) is 4.77. The first-order valence-electron chi connectivity index (χ1n) is 9.40. The predicted octanol–water partition coefficient (Wildman–Crippen LogP) is 5.19. The lowest BCUT2D eigenvalue weighted by atomic mass is 10.0. The number of rotatable bonds is 6. The Morgan fingerprint density at radius 1 is 1.03 bits per heavy atom. The molecule has 0 unspecified atom stereocenters. The van der Waals surface area contributed by atoms with Gasteiger partial charge in [-0.15, -0.1) is 0 Å². The Kier molecular flexibility index (Phi) is 5.39. The van der Waals surface area contributed by atoms with Gasteiger partial charge in [-0.2, -0.15) is 0 Å². The minimum absolute atomic E-state index is 0.312. The molecular weight excluding hydrogens is 385 g/mol. The van der Waals surface area contributed by atoms with E-state index in [2.05, 4.69) is 5.32 Å². The molecule has 152 valence electrons. The highest BCUT2D eigenvalue weighted by Gasteiger charge is 2.23. The lowest BCUT2D eigenvalue weighted by molar-refractivity contribution is 0.0964. The van der Waals surface area contributed by atoms with Gasteiger partial charge >= 0.3 is 0 Å². The van der Waals surface area contributed by atoms with Crippen molar-refractivity contribution in [1.82, 2.24) is 5.32 Å². The van der Waals surface area contributed by atoms with Gasteiger partial charge in [0.1, 0.15) is 23.8 Å². The molecule has 0 bridgehead atoms. The molecule has 1 N–H and O–H groups in total. The van der Waals surface area contributed by atoms with Crippen molar-refractivity contribution in [3.8, 4) is 22.8 Å². The zero-order valence-electron chi connectivity index (χ0n) is 16.6. The van der Waals surface area contributed by atoms with E-state index in [0.717, 1.165) is 5.56 Å². The summed E-state index contributed by atoms with van der Waals surface area (Å²) in [6.45, 7) is 0.358. The fourth-order valence-corrected chi connectivity index (χ4v) is 3.27. The molecule has 0 saturated carbocycles. The number of methoxy groups -OCH3 is 1. The summed E-state index contributed by atoms with van der Waals surface area (Å²) in [6.07, 6.45) is 0. The fourth-order valence-electron chi connectivity index (χ4n) is 3.27. The van der Waals surface area contributed by atoms with Crippen LogP contribution in [0.2, 0.25) is 0 Å². The summed E-state index contributed by atoms with van der Waals surface area (Å²) in [5, 5.41) is 3.22. The van der Waals surface area contributed by atoms with E-state index >= 15 is 0 Å². The van der Waals surface area contributed by atoms with Gasteiger partial charge in [0.15, 0.2) is 11.5 Å². The van der Waals surface area contributed by atoms with Gasteiger partial charge in [0.2, 0.25) is 0 Å². The second kappa shape index (κ2) is 8.29. The van der Waals surface area contributed by atoms with E-state index in [0.29, 0.717) is 46.0 Å². The highest BCUT2D eigenvalue weighted by atomic mass is 19.1. The molecule has 0 aliphatic heterocycles. The van der Waals surface area contributed by atoms with Gasteiger partial charge in [-0.1, -0.05) is 30.3 Å². The van der Waals surface area contributed by atoms with Crippen LogP contribution in [-0.4, -0.2) is 20.1 Å². The van der Waals surface area contributed by atoms with Crippen LogP contribution < -0.4 is 14.8 Å². The SMILES string of the molecule is CNC(=O)c1c(-c2ccc(F)cc2)oc2cc(OCc3ccccc3)c(OC)cc12. The predicted molar refractivity (Wildman–Crippen MR) is 112 cm³/mol. The number of benzene rings is 3. The monoisotopic (exact) mass is 405 g/mol. The second-order valence-corrected chi connectivity index (χ2v) is 6.67. The van der Waals surface area contributed by atoms with Crippen molar-refractivity contribution in [1.29, 1.82) is 0 Å². The number of hydrogen-bond donors (Lipinski definition) is 1. The molecule has 4 rings (SSSR count). The summed E-state index contributed by atoms with van der Waals surface area (Å²) in [5.74, 6) is 0.654. The summed E-state index contributed by atoms with van der Waals surface area (Å²) in [5.41, 5.74) is 2.43. The number of carbonyl (C=O) groups is 1. The lowest BCUT2D eigenvalue weighted by Gasteiger charge is -2.11. The summed E-state index contributed by atoms with van der Waals surface area (Å²) in [6, 6.07) is 19.0. The van der Waals surface area contributed by atoms with Crippen molar-refractivity contribution in [2.45, 2.75) is 6.61 Å².